The van der Waals surface area contributed by atoms with Gasteiger partial charge in [-0.1, -0.05) is 51.0 Å². The summed E-state index contributed by atoms with van der Waals surface area (Å²) >= 11 is 0. The molecule has 0 radical (unpaired) electrons. The van der Waals surface area contributed by atoms with Gasteiger partial charge >= 0.3 is 5.76 Å². The highest BCUT2D eigenvalue weighted by Gasteiger charge is 2.25. The third kappa shape index (κ3) is 3.17. The van der Waals surface area contributed by atoms with Gasteiger partial charge in [-0.15, -0.1) is 4.57 Å². The van der Waals surface area contributed by atoms with Gasteiger partial charge in [-0.3, -0.25) is 0 Å². The molecule has 3 nitrogen and oxygen atoms in total. The molecule has 118 valence electrons. The molecule has 0 aliphatic heterocycles. The Morgan fingerprint density at radius 1 is 1.18 bits per heavy atom. The van der Waals surface area contributed by atoms with E-state index < -0.39 is 8.07 Å². The number of nitrogens with zero attached hydrogens (tertiary/aromatic N) is 1. The van der Waals surface area contributed by atoms with Gasteiger partial charge in [0.2, 0.25) is 0 Å². The number of aromatic nitrogens is 1. The van der Waals surface area contributed by atoms with Crippen molar-refractivity contribution in [3.05, 3.63) is 34.9 Å². The summed E-state index contributed by atoms with van der Waals surface area (Å²) in [6.07, 6.45) is 8.40. The van der Waals surface area contributed by atoms with Crippen LogP contribution in [0.2, 0.25) is 19.6 Å². The highest BCUT2D eigenvalue weighted by molar-refractivity contribution is 6.90. The average Bonchev–Trinajstić information content (AvgIpc) is 2.47. The van der Waals surface area contributed by atoms with E-state index in [1.54, 1.807) is 4.57 Å². The highest BCUT2D eigenvalue weighted by Crippen LogP contribution is 2.23. The molecule has 1 aliphatic rings. The largest absolute Gasteiger partial charge is 0.602 e. The lowest BCUT2D eigenvalue weighted by atomic mass is 9.89. The monoisotopic (exact) mass is 316 g/mol. The van der Waals surface area contributed by atoms with Crippen molar-refractivity contribution in [2.75, 3.05) is 0 Å². The fourth-order valence-electron chi connectivity index (χ4n) is 3.50. The average molecular weight is 316 g/mol. The first-order chi connectivity index (χ1) is 10.4. The number of para-hydroxylation sites is 1. The third-order valence-corrected chi connectivity index (χ3v) is 6.76. The van der Waals surface area contributed by atoms with Crippen molar-refractivity contribution >= 4 is 24.2 Å². The first-order valence-electron chi connectivity index (χ1n) is 8.42. The Morgan fingerprint density at radius 3 is 2.59 bits per heavy atom. The predicted molar refractivity (Wildman–Crippen MR) is 92.2 cm³/mol. The second-order valence-electron chi connectivity index (χ2n) is 7.63. The maximum atomic E-state index is 12.4. The van der Waals surface area contributed by atoms with Crippen molar-refractivity contribution in [3.63, 3.8) is 0 Å². The van der Waals surface area contributed by atoms with Crippen LogP contribution in [0.15, 0.2) is 33.6 Å². The van der Waals surface area contributed by atoms with Crippen molar-refractivity contribution in [2.45, 2.75) is 58.3 Å². The Morgan fingerprint density at radius 2 is 1.91 bits per heavy atom. The zero-order chi connectivity index (χ0) is 15.7. The Balaban J connectivity index is 2.00. The normalized spacial score (nSPS) is 17.0. The van der Waals surface area contributed by atoms with Crippen LogP contribution in [0.4, 0.5) is 0 Å². The van der Waals surface area contributed by atoms with E-state index in [9.17, 15) is 4.79 Å². The molecule has 22 heavy (non-hydrogen) atoms. The topological polar surface area (TPSA) is 34.1 Å². The molecule has 0 atom stereocenters. The van der Waals surface area contributed by atoms with Crippen LogP contribution in [0.25, 0.3) is 11.0 Å². The molecule has 1 fully saturated rings. The Hall–Kier alpha value is -1.42. The molecule has 1 aromatic carbocycles. The Kier molecular flexibility index (Phi) is 4.21. The molecule has 1 aliphatic carbocycles. The van der Waals surface area contributed by atoms with Crippen LogP contribution in [0, 0.1) is 5.92 Å². The summed E-state index contributed by atoms with van der Waals surface area (Å²) in [5, 5.41) is 2.28. The van der Waals surface area contributed by atoms with Crippen molar-refractivity contribution in [3.8, 4) is 0 Å². The second-order valence-corrected chi connectivity index (χ2v) is 12.7. The second kappa shape index (κ2) is 5.99. The molecule has 1 saturated carbocycles. The summed E-state index contributed by atoms with van der Waals surface area (Å²) in [6.45, 7) is 7.65. The summed E-state index contributed by atoms with van der Waals surface area (Å²) in [6, 6.07) is 6.25. The van der Waals surface area contributed by atoms with Crippen molar-refractivity contribution in [2.24, 2.45) is 5.92 Å². The fourth-order valence-corrected chi connectivity index (χ4v) is 4.98. The fraction of sp³-hybridized carbons (Fsp3) is 0.556. The first kappa shape index (κ1) is 15.5. The van der Waals surface area contributed by atoms with Gasteiger partial charge in [0.15, 0.2) is 12.7 Å². The number of benzene rings is 1. The van der Waals surface area contributed by atoms with Crippen LogP contribution in [0.1, 0.15) is 32.1 Å². The molecule has 0 unspecified atom stereocenters. The van der Waals surface area contributed by atoms with Crippen LogP contribution in [0.5, 0.6) is 0 Å². The quantitative estimate of drug-likeness (QED) is 0.644. The van der Waals surface area contributed by atoms with Crippen LogP contribution in [0.3, 0.4) is 0 Å². The van der Waals surface area contributed by atoms with Gasteiger partial charge in [0.05, 0.1) is 13.5 Å². The van der Waals surface area contributed by atoms with Gasteiger partial charge < -0.3 is 4.42 Å². The molecule has 0 spiro atoms. The number of hydrogen-bond donors (Lipinski definition) is 0. The van der Waals surface area contributed by atoms with E-state index in [0.717, 1.165) is 17.5 Å². The summed E-state index contributed by atoms with van der Waals surface area (Å²) < 4.78 is 7.52. The minimum atomic E-state index is -1.52. The summed E-state index contributed by atoms with van der Waals surface area (Å²) in [5.74, 6) is 0.419. The number of rotatable bonds is 3. The van der Waals surface area contributed by atoms with Gasteiger partial charge in [0, 0.05) is 5.92 Å². The minimum Gasteiger partial charge on any atom is -0.372 e. The first-order valence-corrected chi connectivity index (χ1v) is 11.9. The van der Waals surface area contributed by atoms with Crippen molar-refractivity contribution < 1.29 is 8.98 Å². The SMILES string of the molecule is C[Si](C)(C)c1cccc2c[n+](CC3CCCCC3)c(=O)oc12. The van der Waals surface area contributed by atoms with Crippen LogP contribution < -0.4 is 15.5 Å². The Bertz CT molecular complexity index is 724. The Labute approximate surface area is 133 Å². The van der Waals surface area contributed by atoms with Gasteiger partial charge in [-0.2, -0.15) is 4.79 Å². The van der Waals surface area contributed by atoms with Gasteiger partial charge in [0.25, 0.3) is 0 Å². The molecule has 1 aromatic heterocycles. The predicted octanol–water partition coefficient (Wildman–Crippen LogP) is 3.21. The molecular formula is C18H26NO2Si+. The lowest BCUT2D eigenvalue weighted by molar-refractivity contribution is -0.726. The smallest absolute Gasteiger partial charge is 0.372 e. The number of hydrogen-bond acceptors (Lipinski definition) is 2. The molecule has 3 rings (SSSR count). The van der Waals surface area contributed by atoms with E-state index in [1.807, 2.05) is 6.20 Å². The maximum absolute atomic E-state index is 12.4. The third-order valence-electron chi connectivity index (χ3n) is 4.75. The molecule has 0 bridgehead atoms. The zero-order valence-corrected chi connectivity index (χ0v) is 14.9. The van der Waals surface area contributed by atoms with E-state index in [1.165, 1.54) is 37.3 Å². The van der Waals surface area contributed by atoms with E-state index in [4.69, 9.17) is 4.42 Å². The minimum absolute atomic E-state index is 0.205. The standard InChI is InChI=1S/C18H26NO2Si/c1-22(2,3)16-11-7-10-15-13-19(18(20)21-17(15)16)12-14-8-5-4-6-9-14/h7,10-11,13-14H,4-6,8-9,12H2,1-3H3/q+1. The maximum Gasteiger partial charge on any atom is 0.602 e. The van der Waals surface area contributed by atoms with E-state index in [2.05, 4.69) is 37.8 Å². The molecule has 0 saturated heterocycles. The van der Waals surface area contributed by atoms with Crippen LogP contribution in [-0.2, 0) is 6.54 Å². The highest BCUT2D eigenvalue weighted by atomic mass is 28.3. The van der Waals surface area contributed by atoms with Gasteiger partial charge in [-0.05, 0) is 24.1 Å². The van der Waals surface area contributed by atoms with Gasteiger partial charge in [0.1, 0.15) is 5.58 Å². The lowest BCUT2D eigenvalue weighted by Crippen LogP contribution is -2.52. The lowest BCUT2D eigenvalue weighted by Gasteiger charge is -2.19. The molecule has 0 amide bonds. The molecule has 0 N–H and O–H groups in total. The summed E-state index contributed by atoms with van der Waals surface area (Å²) in [4.78, 5) is 12.4. The zero-order valence-electron chi connectivity index (χ0n) is 13.9. The van der Waals surface area contributed by atoms with Gasteiger partial charge in [-0.25, -0.2) is 0 Å². The van der Waals surface area contributed by atoms with Crippen LogP contribution >= 0.6 is 0 Å². The van der Waals surface area contributed by atoms with Crippen molar-refractivity contribution in [1.29, 1.82) is 0 Å². The molecule has 4 heteroatoms. The van der Waals surface area contributed by atoms with E-state index in [0.29, 0.717) is 5.92 Å². The number of fused-ring (bicyclic) bond motifs is 1. The van der Waals surface area contributed by atoms with Crippen molar-refractivity contribution in [1.82, 2.24) is 0 Å². The van der Waals surface area contributed by atoms with Crippen LogP contribution in [-0.4, -0.2) is 8.07 Å². The molecule has 2 aromatic rings. The molecular weight excluding hydrogens is 290 g/mol. The summed E-state index contributed by atoms with van der Waals surface area (Å²) in [5.41, 5.74) is 0.798. The molecule has 1 heterocycles. The summed E-state index contributed by atoms with van der Waals surface area (Å²) in [7, 11) is -1.52. The van der Waals surface area contributed by atoms with E-state index in [-0.39, 0.29) is 5.76 Å². The van der Waals surface area contributed by atoms with E-state index >= 15 is 0 Å².